The molecule has 0 amide bonds. The van der Waals surface area contributed by atoms with Crippen LogP contribution in [0, 0.1) is 0 Å². The standard InChI is InChI=1S/C8H20BNP/c1-5-6-9-11-7-10-8(2,3)4/h10-11H,5-7H2,1-4H3. The van der Waals surface area contributed by atoms with E-state index in [1.54, 1.807) is 0 Å². The quantitative estimate of drug-likeness (QED) is 0.381. The third kappa shape index (κ3) is 10.5. The smallest absolute Gasteiger partial charge is 0.144 e. The Hall–Kier alpha value is 0.455. The number of rotatable bonds is 5. The number of hydrogen-bond donors (Lipinski definition) is 1. The molecule has 0 fully saturated rings. The molecule has 0 bridgehead atoms. The van der Waals surface area contributed by atoms with Crippen molar-refractivity contribution in [3.05, 3.63) is 0 Å². The molecule has 1 atom stereocenters. The molecule has 1 radical (unpaired) electrons. The zero-order chi connectivity index (χ0) is 8.74. The molecule has 0 aliphatic rings. The minimum absolute atomic E-state index is 0.285. The van der Waals surface area contributed by atoms with E-state index >= 15 is 0 Å². The van der Waals surface area contributed by atoms with E-state index in [2.05, 4.69) is 40.0 Å². The Morgan fingerprint density at radius 1 is 1.36 bits per heavy atom. The predicted octanol–water partition coefficient (Wildman–Crippen LogP) is 2.46. The summed E-state index contributed by atoms with van der Waals surface area (Å²) in [6.45, 7) is 11.2. The summed E-state index contributed by atoms with van der Waals surface area (Å²) in [6.07, 6.45) is 3.69. The largest absolute Gasteiger partial charge is 0.309 e. The van der Waals surface area contributed by atoms with E-state index in [4.69, 9.17) is 0 Å². The fourth-order valence-corrected chi connectivity index (χ4v) is 1.90. The van der Waals surface area contributed by atoms with Crippen molar-refractivity contribution < 1.29 is 0 Å². The average Bonchev–Trinajstić information content (AvgIpc) is 1.85. The molecule has 1 N–H and O–H groups in total. The first-order chi connectivity index (χ1) is 5.06. The van der Waals surface area contributed by atoms with Gasteiger partial charge in [-0.3, -0.25) is 0 Å². The second kappa shape index (κ2) is 6.02. The van der Waals surface area contributed by atoms with E-state index in [0.29, 0.717) is 0 Å². The van der Waals surface area contributed by atoms with Crippen LogP contribution in [0.5, 0.6) is 0 Å². The van der Waals surface area contributed by atoms with Crippen LogP contribution >= 0.6 is 8.46 Å². The summed E-state index contributed by atoms with van der Waals surface area (Å²) in [6, 6.07) is 0. The van der Waals surface area contributed by atoms with Gasteiger partial charge in [0.2, 0.25) is 0 Å². The summed E-state index contributed by atoms with van der Waals surface area (Å²) in [5, 5.41) is 3.46. The maximum atomic E-state index is 3.46. The van der Waals surface area contributed by atoms with E-state index in [1.807, 2.05) is 0 Å². The Bertz CT molecular complexity index is 90.6. The third-order valence-corrected chi connectivity index (χ3v) is 2.26. The number of nitrogens with one attached hydrogen (secondary N) is 1. The summed E-state index contributed by atoms with van der Waals surface area (Å²) < 4.78 is 0. The van der Waals surface area contributed by atoms with Gasteiger partial charge in [0.05, 0.1) is 0 Å². The van der Waals surface area contributed by atoms with Gasteiger partial charge in [0.1, 0.15) is 7.00 Å². The van der Waals surface area contributed by atoms with Gasteiger partial charge in [0.15, 0.2) is 0 Å². The average molecular weight is 172 g/mol. The fourth-order valence-electron chi connectivity index (χ4n) is 0.635. The number of hydrogen-bond acceptors (Lipinski definition) is 1. The van der Waals surface area contributed by atoms with Crippen molar-refractivity contribution in [3.63, 3.8) is 0 Å². The van der Waals surface area contributed by atoms with E-state index < -0.39 is 0 Å². The molecule has 0 saturated heterocycles. The normalized spacial score (nSPS) is 12.7. The summed E-state index contributed by atoms with van der Waals surface area (Å²) in [7, 11) is 0.976. The molecule has 65 valence electrons. The highest BCUT2D eigenvalue weighted by molar-refractivity contribution is 7.70. The molecule has 0 aromatic heterocycles. The van der Waals surface area contributed by atoms with Crippen molar-refractivity contribution in [2.24, 2.45) is 0 Å². The topological polar surface area (TPSA) is 12.0 Å². The monoisotopic (exact) mass is 172 g/mol. The van der Waals surface area contributed by atoms with E-state index in [9.17, 15) is 0 Å². The predicted molar refractivity (Wildman–Crippen MR) is 56.9 cm³/mol. The van der Waals surface area contributed by atoms with Crippen molar-refractivity contribution in [2.75, 3.05) is 6.29 Å². The van der Waals surface area contributed by atoms with Gasteiger partial charge in [0.25, 0.3) is 0 Å². The lowest BCUT2D eigenvalue weighted by Crippen LogP contribution is -2.35. The first-order valence-electron chi connectivity index (χ1n) is 4.36. The summed E-state index contributed by atoms with van der Waals surface area (Å²) in [5.74, 6) is 0. The van der Waals surface area contributed by atoms with Crippen LogP contribution in [0.25, 0.3) is 0 Å². The Balaban J connectivity index is 3.02. The van der Waals surface area contributed by atoms with E-state index in [0.717, 1.165) is 14.7 Å². The highest BCUT2D eigenvalue weighted by Crippen LogP contribution is 2.10. The third-order valence-electron chi connectivity index (χ3n) is 1.30. The summed E-state index contributed by atoms with van der Waals surface area (Å²) in [4.78, 5) is 0. The van der Waals surface area contributed by atoms with Crippen LogP contribution < -0.4 is 5.32 Å². The lowest BCUT2D eigenvalue weighted by atomic mass is 10.0. The SMILES string of the molecule is CCC[B]PCNC(C)(C)C. The maximum Gasteiger partial charge on any atom is 0.144 e. The molecule has 0 aliphatic carbocycles. The van der Waals surface area contributed by atoms with Crippen molar-refractivity contribution in [1.82, 2.24) is 5.32 Å². The minimum atomic E-state index is 0.285. The highest BCUT2D eigenvalue weighted by Gasteiger charge is 2.06. The van der Waals surface area contributed by atoms with Crippen molar-refractivity contribution in [1.29, 1.82) is 0 Å². The van der Waals surface area contributed by atoms with Crippen LogP contribution in [0.15, 0.2) is 0 Å². The van der Waals surface area contributed by atoms with E-state index in [-0.39, 0.29) is 5.54 Å². The van der Waals surface area contributed by atoms with E-state index in [1.165, 1.54) is 12.7 Å². The summed E-state index contributed by atoms with van der Waals surface area (Å²) >= 11 is 0. The van der Waals surface area contributed by atoms with Crippen LogP contribution in [0.4, 0.5) is 0 Å². The molecule has 0 rings (SSSR count). The second-order valence-electron chi connectivity index (χ2n) is 3.80. The zero-order valence-electron chi connectivity index (χ0n) is 8.20. The van der Waals surface area contributed by atoms with Crippen LogP contribution in [0.3, 0.4) is 0 Å². The highest BCUT2D eigenvalue weighted by atomic mass is 31.1. The van der Waals surface area contributed by atoms with Crippen molar-refractivity contribution in [2.45, 2.75) is 46.0 Å². The molecule has 1 unspecified atom stereocenters. The first kappa shape index (κ1) is 11.5. The van der Waals surface area contributed by atoms with Crippen LogP contribution in [-0.4, -0.2) is 18.8 Å². The van der Waals surface area contributed by atoms with Gasteiger partial charge in [-0.2, -0.15) is 0 Å². The van der Waals surface area contributed by atoms with Gasteiger partial charge >= 0.3 is 0 Å². The first-order valence-corrected chi connectivity index (χ1v) is 5.65. The Kier molecular flexibility index (Phi) is 6.27. The van der Waals surface area contributed by atoms with Gasteiger partial charge < -0.3 is 5.32 Å². The van der Waals surface area contributed by atoms with Crippen LogP contribution in [0.1, 0.15) is 34.1 Å². The molecule has 3 heteroatoms. The van der Waals surface area contributed by atoms with Crippen molar-refractivity contribution in [3.8, 4) is 0 Å². The Morgan fingerprint density at radius 3 is 2.45 bits per heavy atom. The molecule has 0 heterocycles. The van der Waals surface area contributed by atoms with Gasteiger partial charge in [-0.05, 0) is 20.8 Å². The lowest BCUT2D eigenvalue weighted by Gasteiger charge is -2.20. The van der Waals surface area contributed by atoms with Gasteiger partial charge in [-0.25, -0.2) is 0 Å². The molecule has 0 aromatic carbocycles. The second-order valence-corrected chi connectivity index (χ2v) is 4.97. The minimum Gasteiger partial charge on any atom is -0.309 e. The molecular weight excluding hydrogens is 152 g/mol. The summed E-state index contributed by atoms with van der Waals surface area (Å²) in [5.41, 5.74) is 0.285. The Labute approximate surface area is 73.7 Å². The fraction of sp³-hybridized carbons (Fsp3) is 1.00. The van der Waals surface area contributed by atoms with Crippen LogP contribution in [0.2, 0.25) is 6.32 Å². The molecule has 0 spiro atoms. The maximum absolute atomic E-state index is 3.46. The zero-order valence-corrected chi connectivity index (χ0v) is 9.20. The Morgan fingerprint density at radius 2 is 2.00 bits per heavy atom. The molecule has 1 nitrogen and oxygen atoms in total. The molecule has 11 heavy (non-hydrogen) atoms. The molecule has 0 saturated carbocycles. The lowest BCUT2D eigenvalue weighted by molar-refractivity contribution is 0.461. The van der Waals surface area contributed by atoms with Gasteiger partial charge in [0, 0.05) is 11.8 Å². The van der Waals surface area contributed by atoms with Gasteiger partial charge in [-0.15, -0.1) is 8.46 Å². The molecular formula is C8H20BNP. The molecule has 0 aromatic rings. The molecule has 0 aliphatic heterocycles. The van der Waals surface area contributed by atoms with Gasteiger partial charge in [-0.1, -0.05) is 19.7 Å². The van der Waals surface area contributed by atoms with Crippen LogP contribution in [-0.2, 0) is 0 Å². The van der Waals surface area contributed by atoms with Crippen molar-refractivity contribution >= 4 is 15.5 Å².